The molecule has 0 fully saturated rings. The van der Waals surface area contributed by atoms with Crippen molar-refractivity contribution in [2.45, 2.75) is 20.1 Å². The van der Waals surface area contributed by atoms with Crippen LogP contribution < -0.4 is 15.8 Å². The monoisotopic (exact) mass is 380 g/mol. The van der Waals surface area contributed by atoms with Gasteiger partial charge in [0.25, 0.3) is 5.91 Å². The molecule has 5 heteroatoms. The topological polar surface area (TPSA) is 64.3 Å². The van der Waals surface area contributed by atoms with Crippen LogP contribution in [0, 0.1) is 6.92 Å². The van der Waals surface area contributed by atoms with Crippen molar-refractivity contribution in [3.63, 3.8) is 0 Å². The summed E-state index contributed by atoms with van der Waals surface area (Å²) in [5, 5.41) is 3.44. The second-order valence-corrected chi connectivity index (χ2v) is 6.65. The third-order valence-corrected chi connectivity index (χ3v) is 4.49. The molecule has 0 saturated carbocycles. The number of amides is 1. The molecule has 138 valence electrons. The van der Waals surface area contributed by atoms with Crippen molar-refractivity contribution >= 4 is 23.2 Å². The number of hydrogen-bond donors (Lipinski definition) is 2. The Morgan fingerprint density at radius 1 is 1.07 bits per heavy atom. The van der Waals surface area contributed by atoms with Crippen LogP contribution in [0.3, 0.4) is 0 Å². The molecule has 0 unspecified atom stereocenters. The molecule has 0 atom stereocenters. The van der Waals surface area contributed by atoms with Crippen molar-refractivity contribution in [1.82, 2.24) is 0 Å². The molecule has 0 heterocycles. The molecular formula is C22H21ClN2O2. The van der Waals surface area contributed by atoms with Crippen molar-refractivity contribution in [1.29, 1.82) is 0 Å². The standard InChI is InChI=1S/C22H21ClN2O2/c1-15-11-17(7-8-18(15)13-24)22(26)25-20-10-9-19(23)12-21(20)27-14-16-5-3-2-4-6-16/h2-12H,13-14,24H2,1H3,(H,25,26). The van der Waals surface area contributed by atoms with Gasteiger partial charge < -0.3 is 15.8 Å². The summed E-state index contributed by atoms with van der Waals surface area (Å²) < 4.78 is 5.89. The van der Waals surface area contributed by atoms with E-state index in [0.717, 1.165) is 16.7 Å². The highest BCUT2D eigenvalue weighted by Crippen LogP contribution is 2.29. The summed E-state index contributed by atoms with van der Waals surface area (Å²) in [5.74, 6) is 0.309. The van der Waals surface area contributed by atoms with Gasteiger partial charge in [0.15, 0.2) is 0 Å². The molecule has 27 heavy (non-hydrogen) atoms. The lowest BCUT2D eigenvalue weighted by Crippen LogP contribution is -2.14. The Hall–Kier alpha value is -2.82. The molecule has 0 spiro atoms. The Kier molecular flexibility index (Phi) is 6.12. The molecule has 0 aromatic heterocycles. The highest BCUT2D eigenvalue weighted by Gasteiger charge is 2.12. The van der Waals surface area contributed by atoms with Gasteiger partial charge in [-0.1, -0.05) is 48.0 Å². The number of benzene rings is 3. The number of hydrogen-bond acceptors (Lipinski definition) is 3. The summed E-state index contributed by atoms with van der Waals surface area (Å²) in [6.07, 6.45) is 0. The van der Waals surface area contributed by atoms with Gasteiger partial charge in [-0.05, 0) is 47.9 Å². The maximum Gasteiger partial charge on any atom is 0.255 e. The van der Waals surface area contributed by atoms with Crippen LogP contribution in [0.1, 0.15) is 27.0 Å². The second-order valence-electron chi connectivity index (χ2n) is 6.21. The lowest BCUT2D eigenvalue weighted by molar-refractivity contribution is 0.102. The maximum absolute atomic E-state index is 12.6. The summed E-state index contributed by atoms with van der Waals surface area (Å²) in [7, 11) is 0. The molecule has 0 aliphatic heterocycles. The van der Waals surface area contributed by atoms with E-state index in [2.05, 4.69) is 5.32 Å². The average molecular weight is 381 g/mol. The van der Waals surface area contributed by atoms with E-state index in [9.17, 15) is 4.79 Å². The predicted octanol–water partition coefficient (Wildman–Crippen LogP) is 4.94. The van der Waals surface area contributed by atoms with Crippen LogP contribution in [0.2, 0.25) is 5.02 Å². The molecule has 1 amide bonds. The van der Waals surface area contributed by atoms with Crippen LogP contribution in [0.15, 0.2) is 66.7 Å². The fourth-order valence-electron chi connectivity index (χ4n) is 2.71. The zero-order valence-electron chi connectivity index (χ0n) is 15.0. The van der Waals surface area contributed by atoms with Gasteiger partial charge in [-0.2, -0.15) is 0 Å². The first-order chi connectivity index (χ1) is 13.1. The van der Waals surface area contributed by atoms with Gasteiger partial charge in [-0.25, -0.2) is 0 Å². The van der Waals surface area contributed by atoms with Crippen LogP contribution in [0.4, 0.5) is 5.69 Å². The van der Waals surface area contributed by atoms with Gasteiger partial charge in [0.05, 0.1) is 5.69 Å². The molecule has 3 aromatic rings. The van der Waals surface area contributed by atoms with Crippen molar-refractivity contribution in [3.05, 3.63) is 94.0 Å². The van der Waals surface area contributed by atoms with Crippen LogP contribution in [-0.4, -0.2) is 5.91 Å². The molecule has 0 aliphatic carbocycles. The summed E-state index contributed by atoms with van der Waals surface area (Å²) in [5.41, 5.74) is 9.86. The molecule has 0 radical (unpaired) electrons. The Balaban J connectivity index is 1.77. The second kappa shape index (κ2) is 8.71. The first-order valence-corrected chi connectivity index (χ1v) is 9.02. The Morgan fingerprint density at radius 2 is 1.85 bits per heavy atom. The van der Waals surface area contributed by atoms with Gasteiger partial charge in [0.2, 0.25) is 0 Å². The van der Waals surface area contributed by atoms with Crippen LogP contribution in [0.5, 0.6) is 5.75 Å². The Morgan fingerprint density at radius 3 is 2.56 bits per heavy atom. The van der Waals surface area contributed by atoms with E-state index in [1.54, 1.807) is 24.3 Å². The predicted molar refractivity (Wildman–Crippen MR) is 109 cm³/mol. The van der Waals surface area contributed by atoms with Crippen molar-refractivity contribution in [3.8, 4) is 5.75 Å². The summed E-state index contributed by atoms with van der Waals surface area (Å²) >= 11 is 6.10. The zero-order valence-corrected chi connectivity index (χ0v) is 15.8. The third kappa shape index (κ3) is 4.88. The molecule has 0 aliphatic rings. The summed E-state index contributed by atoms with van der Waals surface area (Å²) in [6.45, 7) is 2.77. The minimum atomic E-state index is -0.214. The number of anilines is 1. The van der Waals surface area contributed by atoms with E-state index >= 15 is 0 Å². The van der Waals surface area contributed by atoms with Gasteiger partial charge in [0, 0.05) is 23.2 Å². The molecule has 0 saturated heterocycles. The van der Waals surface area contributed by atoms with Crippen LogP contribution in [-0.2, 0) is 13.2 Å². The van der Waals surface area contributed by atoms with E-state index in [1.165, 1.54) is 0 Å². The molecule has 0 bridgehead atoms. The highest BCUT2D eigenvalue weighted by atomic mass is 35.5. The largest absolute Gasteiger partial charge is 0.487 e. The number of nitrogens with one attached hydrogen (secondary N) is 1. The Labute approximate surface area is 163 Å². The highest BCUT2D eigenvalue weighted by molar-refractivity contribution is 6.30. The third-order valence-electron chi connectivity index (χ3n) is 4.25. The van der Waals surface area contributed by atoms with E-state index in [4.69, 9.17) is 22.1 Å². The summed E-state index contributed by atoms with van der Waals surface area (Å²) in [6, 6.07) is 20.4. The molecule has 4 nitrogen and oxygen atoms in total. The van der Waals surface area contributed by atoms with Crippen LogP contribution >= 0.6 is 11.6 Å². The lowest BCUT2D eigenvalue weighted by atomic mass is 10.0. The number of carbonyl (C=O) groups excluding carboxylic acids is 1. The van der Waals surface area contributed by atoms with E-state index in [1.807, 2.05) is 49.4 Å². The van der Waals surface area contributed by atoms with Gasteiger partial charge in [0.1, 0.15) is 12.4 Å². The van der Waals surface area contributed by atoms with E-state index in [-0.39, 0.29) is 5.91 Å². The van der Waals surface area contributed by atoms with Gasteiger partial charge in [-0.15, -0.1) is 0 Å². The van der Waals surface area contributed by atoms with E-state index < -0.39 is 0 Å². The molecular weight excluding hydrogens is 360 g/mol. The summed E-state index contributed by atoms with van der Waals surface area (Å²) in [4.78, 5) is 12.6. The first kappa shape index (κ1) is 19.0. The Bertz CT molecular complexity index is 942. The average Bonchev–Trinajstić information content (AvgIpc) is 2.68. The normalized spacial score (nSPS) is 10.5. The fraction of sp³-hybridized carbons (Fsp3) is 0.136. The quantitative estimate of drug-likeness (QED) is 0.636. The zero-order chi connectivity index (χ0) is 19.2. The van der Waals surface area contributed by atoms with Crippen molar-refractivity contribution in [2.75, 3.05) is 5.32 Å². The number of aryl methyl sites for hydroxylation is 1. The first-order valence-electron chi connectivity index (χ1n) is 8.64. The number of carbonyl (C=O) groups is 1. The molecule has 3 aromatic carbocycles. The number of halogens is 1. The minimum absolute atomic E-state index is 0.214. The maximum atomic E-state index is 12.6. The molecule has 3 rings (SSSR count). The smallest absolute Gasteiger partial charge is 0.255 e. The minimum Gasteiger partial charge on any atom is -0.487 e. The van der Waals surface area contributed by atoms with Crippen LogP contribution in [0.25, 0.3) is 0 Å². The number of rotatable bonds is 6. The fourth-order valence-corrected chi connectivity index (χ4v) is 2.88. The van der Waals surface area contributed by atoms with E-state index in [0.29, 0.717) is 35.2 Å². The number of ether oxygens (including phenoxy) is 1. The SMILES string of the molecule is Cc1cc(C(=O)Nc2ccc(Cl)cc2OCc2ccccc2)ccc1CN. The van der Waals surface area contributed by atoms with Crippen molar-refractivity contribution < 1.29 is 9.53 Å². The van der Waals surface area contributed by atoms with Gasteiger partial charge in [-0.3, -0.25) is 4.79 Å². The van der Waals surface area contributed by atoms with Crippen molar-refractivity contribution in [2.24, 2.45) is 5.73 Å². The molecule has 3 N–H and O–H groups in total. The van der Waals surface area contributed by atoms with Gasteiger partial charge >= 0.3 is 0 Å². The lowest BCUT2D eigenvalue weighted by Gasteiger charge is -2.14. The number of nitrogens with two attached hydrogens (primary N) is 1.